The van der Waals surface area contributed by atoms with Crippen molar-refractivity contribution in [3.8, 4) is 0 Å². The van der Waals surface area contributed by atoms with Crippen molar-refractivity contribution in [3.05, 3.63) is 30.1 Å². The Bertz CT molecular complexity index is 405. The van der Waals surface area contributed by atoms with Crippen molar-refractivity contribution in [1.82, 2.24) is 10.3 Å². The zero-order valence-corrected chi connectivity index (χ0v) is 11.8. The summed E-state index contributed by atoms with van der Waals surface area (Å²) in [7, 11) is 0. The van der Waals surface area contributed by atoms with E-state index in [0.29, 0.717) is 19.4 Å². The average Bonchev–Trinajstić information content (AvgIpc) is 2.45. The Morgan fingerprint density at radius 2 is 2.26 bits per heavy atom. The summed E-state index contributed by atoms with van der Waals surface area (Å²) in [6.07, 6.45) is 6.16. The van der Waals surface area contributed by atoms with Gasteiger partial charge in [-0.05, 0) is 42.4 Å². The number of hydrogen-bond donors (Lipinski definition) is 2. The van der Waals surface area contributed by atoms with Crippen LogP contribution in [0.25, 0.3) is 0 Å². The van der Waals surface area contributed by atoms with Crippen molar-refractivity contribution >= 4 is 17.7 Å². The Kier molecular flexibility index (Phi) is 5.22. The van der Waals surface area contributed by atoms with Gasteiger partial charge in [0, 0.05) is 25.4 Å². The molecule has 1 aliphatic heterocycles. The van der Waals surface area contributed by atoms with Crippen molar-refractivity contribution < 1.29 is 9.90 Å². The monoisotopic (exact) mass is 280 g/mol. The number of rotatable bonds is 5. The summed E-state index contributed by atoms with van der Waals surface area (Å²) in [6.45, 7) is 0.374. The van der Waals surface area contributed by atoms with Crippen molar-refractivity contribution in [1.29, 1.82) is 0 Å². The first-order chi connectivity index (χ1) is 9.18. The highest BCUT2D eigenvalue weighted by molar-refractivity contribution is 7.99. The number of aliphatic hydroxyl groups is 1. The van der Waals surface area contributed by atoms with Crippen LogP contribution in [0.4, 0.5) is 0 Å². The first-order valence-electron chi connectivity index (χ1n) is 6.64. The van der Waals surface area contributed by atoms with Crippen LogP contribution < -0.4 is 5.32 Å². The van der Waals surface area contributed by atoms with Gasteiger partial charge >= 0.3 is 0 Å². The van der Waals surface area contributed by atoms with Crippen molar-refractivity contribution in [2.24, 2.45) is 0 Å². The number of nitrogens with one attached hydrogen (secondary N) is 1. The highest BCUT2D eigenvalue weighted by Crippen LogP contribution is 2.26. The number of aryl methyl sites for hydroxylation is 1. The molecule has 5 heteroatoms. The van der Waals surface area contributed by atoms with Gasteiger partial charge in [0.1, 0.15) is 0 Å². The second-order valence-corrected chi connectivity index (χ2v) is 6.20. The molecular weight excluding hydrogens is 260 g/mol. The summed E-state index contributed by atoms with van der Waals surface area (Å²) < 4.78 is 0. The molecule has 2 N–H and O–H groups in total. The fraction of sp³-hybridized carbons (Fsp3) is 0.571. The minimum Gasteiger partial charge on any atom is -0.388 e. The zero-order valence-electron chi connectivity index (χ0n) is 11.0. The molecule has 1 fully saturated rings. The third kappa shape index (κ3) is 4.84. The Balaban J connectivity index is 1.70. The summed E-state index contributed by atoms with van der Waals surface area (Å²) in [6, 6.07) is 3.84. The molecule has 0 radical (unpaired) electrons. The van der Waals surface area contributed by atoms with E-state index >= 15 is 0 Å². The molecule has 4 nitrogen and oxygen atoms in total. The topological polar surface area (TPSA) is 62.2 Å². The van der Waals surface area contributed by atoms with E-state index in [1.807, 2.05) is 23.9 Å². The van der Waals surface area contributed by atoms with Gasteiger partial charge in [0.2, 0.25) is 5.91 Å². The molecule has 104 valence electrons. The molecule has 0 aliphatic carbocycles. The lowest BCUT2D eigenvalue weighted by Gasteiger charge is -2.31. The van der Waals surface area contributed by atoms with Crippen LogP contribution in [0.1, 0.15) is 24.8 Å². The number of nitrogens with zero attached hydrogens (tertiary/aromatic N) is 1. The smallest absolute Gasteiger partial charge is 0.220 e. The lowest BCUT2D eigenvalue weighted by Crippen LogP contribution is -2.45. The molecule has 1 amide bonds. The molecule has 2 rings (SSSR count). The number of carbonyl (C=O) groups excluding carboxylic acids is 1. The van der Waals surface area contributed by atoms with E-state index in [1.54, 1.807) is 12.4 Å². The second kappa shape index (κ2) is 6.91. The molecule has 1 aromatic rings. The number of carbonyl (C=O) groups is 1. The van der Waals surface area contributed by atoms with Crippen molar-refractivity contribution in [2.45, 2.75) is 31.3 Å². The molecule has 0 unspecified atom stereocenters. The van der Waals surface area contributed by atoms with Crippen LogP contribution in [0.2, 0.25) is 0 Å². The van der Waals surface area contributed by atoms with E-state index in [4.69, 9.17) is 0 Å². The van der Waals surface area contributed by atoms with Gasteiger partial charge in [0.15, 0.2) is 0 Å². The standard InChI is InChI=1S/C14H20N2O2S/c17-13(4-3-12-2-1-7-15-10-12)16-11-14(18)5-8-19-9-6-14/h1-2,7,10,18H,3-6,8-9,11H2,(H,16,17). The van der Waals surface area contributed by atoms with E-state index < -0.39 is 5.60 Å². The first kappa shape index (κ1) is 14.3. The molecular formula is C14H20N2O2S. The number of thioether (sulfide) groups is 1. The molecule has 2 heterocycles. The summed E-state index contributed by atoms with van der Waals surface area (Å²) in [5.41, 5.74) is 0.361. The van der Waals surface area contributed by atoms with Crippen LogP contribution in [0.15, 0.2) is 24.5 Å². The van der Waals surface area contributed by atoms with Gasteiger partial charge in [-0.25, -0.2) is 0 Å². The molecule has 0 atom stereocenters. The minimum atomic E-state index is -0.699. The van der Waals surface area contributed by atoms with Gasteiger partial charge in [0.05, 0.1) is 5.60 Å². The fourth-order valence-corrected chi connectivity index (χ4v) is 3.34. The van der Waals surface area contributed by atoms with Gasteiger partial charge < -0.3 is 10.4 Å². The number of pyridine rings is 1. The summed E-state index contributed by atoms with van der Waals surface area (Å²) in [5, 5.41) is 13.1. The predicted molar refractivity (Wildman–Crippen MR) is 77.1 cm³/mol. The van der Waals surface area contributed by atoms with Crippen LogP contribution in [0.3, 0.4) is 0 Å². The Morgan fingerprint density at radius 3 is 2.95 bits per heavy atom. The zero-order chi connectivity index (χ0) is 13.6. The van der Waals surface area contributed by atoms with Crippen LogP contribution in [-0.4, -0.2) is 39.6 Å². The Labute approximate surface area is 118 Å². The van der Waals surface area contributed by atoms with Gasteiger partial charge in [-0.3, -0.25) is 9.78 Å². The summed E-state index contributed by atoms with van der Waals surface area (Å²) in [5.74, 6) is 1.94. The van der Waals surface area contributed by atoms with E-state index in [-0.39, 0.29) is 5.91 Å². The highest BCUT2D eigenvalue weighted by Gasteiger charge is 2.29. The predicted octanol–water partition coefficient (Wildman–Crippen LogP) is 1.39. The van der Waals surface area contributed by atoms with Crippen LogP contribution in [-0.2, 0) is 11.2 Å². The molecule has 0 aromatic carbocycles. The Hall–Kier alpha value is -1.07. The number of amides is 1. The van der Waals surface area contributed by atoms with Crippen LogP contribution in [0.5, 0.6) is 0 Å². The van der Waals surface area contributed by atoms with E-state index in [2.05, 4.69) is 10.3 Å². The lowest BCUT2D eigenvalue weighted by atomic mass is 9.97. The summed E-state index contributed by atoms with van der Waals surface area (Å²) >= 11 is 1.86. The molecule has 0 spiro atoms. The maximum absolute atomic E-state index is 11.8. The highest BCUT2D eigenvalue weighted by atomic mass is 32.2. The largest absolute Gasteiger partial charge is 0.388 e. The maximum atomic E-state index is 11.8. The third-order valence-electron chi connectivity index (χ3n) is 3.40. The number of hydrogen-bond acceptors (Lipinski definition) is 4. The lowest BCUT2D eigenvalue weighted by molar-refractivity contribution is -0.122. The quantitative estimate of drug-likeness (QED) is 0.855. The maximum Gasteiger partial charge on any atom is 0.220 e. The first-order valence-corrected chi connectivity index (χ1v) is 7.79. The van der Waals surface area contributed by atoms with E-state index in [0.717, 1.165) is 29.9 Å². The fourth-order valence-electron chi connectivity index (χ4n) is 2.08. The normalized spacial score (nSPS) is 17.9. The van der Waals surface area contributed by atoms with Crippen LogP contribution >= 0.6 is 11.8 Å². The third-order valence-corrected chi connectivity index (χ3v) is 4.39. The molecule has 0 saturated carbocycles. The van der Waals surface area contributed by atoms with E-state index in [1.165, 1.54) is 0 Å². The second-order valence-electron chi connectivity index (χ2n) is 4.97. The minimum absolute atomic E-state index is 0.00416. The average molecular weight is 280 g/mol. The Morgan fingerprint density at radius 1 is 1.47 bits per heavy atom. The molecule has 0 bridgehead atoms. The van der Waals surface area contributed by atoms with Crippen molar-refractivity contribution in [2.75, 3.05) is 18.1 Å². The molecule has 1 saturated heterocycles. The summed E-state index contributed by atoms with van der Waals surface area (Å²) in [4.78, 5) is 15.8. The molecule has 19 heavy (non-hydrogen) atoms. The van der Waals surface area contributed by atoms with Crippen LogP contribution in [0, 0.1) is 0 Å². The van der Waals surface area contributed by atoms with Gasteiger partial charge in [-0.15, -0.1) is 0 Å². The van der Waals surface area contributed by atoms with Gasteiger partial charge in [-0.1, -0.05) is 6.07 Å². The van der Waals surface area contributed by atoms with Gasteiger partial charge in [-0.2, -0.15) is 11.8 Å². The molecule has 1 aromatic heterocycles. The van der Waals surface area contributed by atoms with E-state index in [9.17, 15) is 9.90 Å². The van der Waals surface area contributed by atoms with Gasteiger partial charge in [0.25, 0.3) is 0 Å². The van der Waals surface area contributed by atoms with Crippen molar-refractivity contribution in [3.63, 3.8) is 0 Å². The molecule has 1 aliphatic rings. The number of aromatic nitrogens is 1. The SMILES string of the molecule is O=C(CCc1cccnc1)NCC1(O)CCSCC1.